The van der Waals surface area contributed by atoms with Gasteiger partial charge >= 0.3 is 11.9 Å². The Morgan fingerprint density at radius 1 is 0.818 bits per heavy atom. The van der Waals surface area contributed by atoms with Crippen LogP contribution in [0.3, 0.4) is 0 Å². The first kappa shape index (κ1) is 32.0. The monoisotopic (exact) mass is 597 g/mol. The number of fused-ring (bicyclic) bond motifs is 1. The van der Waals surface area contributed by atoms with Gasteiger partial charge in [0.1, 0.15) is 6.04 Å². The molecular formula is C35H39N3O6. The lowest BCUT2D eigenvalue weighted by atomic mass is 9.94. The molecule has 230 valence electrons. The lowest BCUT2D eigenvalue weighted by Gasteiger charge is -2.22. The number of hydrogen-bond donors (Lipinski definition) is 4. The molecular weight excluding hydrogens is 558 g/mol. The molecule has 0 aliphatic rings. The predicted molar refractivity (Wildman–Crippen MR) is 169 cm³/mol. The van der Waals surface area contributed by atoms with Crippen LogP contribution in [0.1, 0.15) is 44.2 Å². The maximum absolute atomic E-state index is 13.0. The summed E-state index contributed by atoms with van der Waals surface area (Å²) in [5, 5.41) is 16.2. The number of H-pyrrole nitrogens is 1. The van der Waals surface area contributed by atoms with Gasteiger partial charge in [0.25, 0.3) is 0 Å². The Bertz CT molecular complexity index is 1560. The van der Waals surface area contributed by atoms with Gasteiger partial charge in [0.15, 0.2) is 0 Å². The van der Waals surface area contributed by atoms with Crippen LogP contribution >= 0.6 is 0 Å². The van der Waals surface area contributed by atoms with Gasteiger partial charge in [-0.15, -0.1) is 0 Å². The van der Waals surface area contributed by atoms with Crippen molar-refractivity contribution in [3.63, 3.8) is 0 Å². The molecule has 3 aromatic carbocycles. The molecule has 1 aromatic heterocycles. The van der Waals surface area contributed by atoms with Crippen molar-refractivity contribution < 1.29 is 29.0 Å². The van der Waals surface area contributed by atoms with Crippen molar-refractivity contribution in [1.29, 1.82) is 0 Å². The van der Waals surface area contributed by atoms with Crippen LogP contribution in [0, 0.1) is 5.92 Å². The van der Waals surface area contributed by atoms with Crippen molar-refractivity contribution in [1.82, 2.24) is 15.6 Å². The highest BCUT2D eigenvalue weighted by Gasteiger charge is 2.24. The molecule has 0 aliphatic carbocycles. The molecule has 3 atom stereocenters. The Balaban J connectivity index is 1.35. The Labute approximate surface area is 257 Å². The maximum Gasteiger partial charge on any atom is 0.326 e. The molecule has 9 nitrogen and oxygen atoms in total. The summed E-state index contributed by atoms with van der Waals surface area (Å²) < 4.78 is 5.17. The number of carboxylic acids is 1. The molecule has 0 spiro atoms. The summed E-state index contributed by atoms with van der Waals surface area (Å²) in [7, 11) is 0. The molecule has 0 saturated heterocycles. The maximum atomic E-state index is 13.0. The third-order valence-electron chi connectivity index (χ3n) is 7.55. The van der Waals surface area contributed by atoms with Gasteiger partial charge in [-0.3, -0.25) is 14.4 Å². The number of para-hydroxylation sites is 1. The van der Waals surface area contributed by atoms with Crippen LogP contribution in [0.5, 0.6) is 0 Å². The number of ether oxygens (including phenoxy) is 1. The smallest absolute Gasteiger partial charge is 0.326 e. The zero-order valence-corrected chi connectivity index (χ0v) is 25.0. The van der Waals surface area contributed by atoms with E-state index in [9.17, 15) is 24.3 Å². The van der Waals surface area contributed by atoms with Crippen molar-refractivity contribution in [2.24, 2.45) is 5.92 Å². The highest BCUT2D eigenvalue weighted by atomic mass is 16.5. The molecule has 0 bridgehead atoms. The predicted octanol–water partition coefficient (Wildman–Crippen LogP) is 5.04. The van der Waals surface area contributed by atoms with Crippen molar-refractivity contribution in [2.75, 3.05) is 6.61 Å². The summed E-state index contributed by atoms with van der Waals surface area (Å²) >= 11 is 0. The fourth-order valence-electron chi connectivity index (χ4n) is 5.26. The van der Waals surface area contributed by atoms with Crippen LogP contribution < -0.4 is 10.6 Å². The largest absolute Gasteiger partial charge is 0.480 e. The molecule has 0 radical (unpaired) electrons. The lowest BCUT2D eigenvalue weighted by molar-refractivity contribution is -0.148. The van der Waals surface area contributed by atoms with Crippen molar-refractivity contribution in [3.8, 4) is 11.1 Å². The van der Waals surface area contributed by atoms with Gasteiger partial charge < -0.3 is 25.5 Å². The fourth-order valence-corrected chi connectivity index (χ4v) is 5.26. The van der Waals surface area contributed by atoms with E-state index in [4.69, 9.17) is 4.74 Å². The molecule has 2 amide bonds. The molecule has 1 heterocycles. The summed E-state index contributed by atoms with van der Waals surface area (Å²) in [6.45, 7) is 3.79. The van der Waals surface area contributed by atoms with Gasteiger partial charge in [0, 0.05) is 42.4 Å². The summed E-state index contributed by atoms with van der Waals surface area (Å²) in [5.74, 6) is -2.81. The number of hydrogen-bond acceptors (Lipinski definition) is 5. The number of amides is 2. The summed E-state index contributed by atoms with van der Waals surface area (Å²) in [5.41, 5.74) is 4.83. The molecule has 4 N–H and O–H groups in total. The lowest BCUT2D eigenvalue weighted by Crippen LogP contribution is -2.43. The Hall–Kier alpha value is -4.92. The zero-order chi connectivity index (χ0) is 31.5. The second-order valence-electron chi connectivity index (χ2n) is 10.9. The average molecular weight is 598 g/mol. The first-order valence-corrected chi connectivity index (χ1v) is 14.9. The zero-order valence-electron chi connectivity index (χ0n) is 25.0. The number of rotatable bonds is 15. The van der Waals surface area contributed by atoms with Crippen LogP contribution in [0.4, 0.5) is 0 Å². The van der Waals surface area contributed by atoms with Gasteiger partial charge in [-0.1, -0.05) is 79.7 Å². The molecule has 0 unspecified atom stereocenters. The number of carbonyl (C=O) groups excluding carboxylic acids is 3. The molecule has 0 fully saturated rings. The Kier molecular flexibility index (Phi) is 11.3. The highest BCUT2D eigenvalue weighted by molar-refractivity contribution is 5.88. The van der Waals surface area contributed by atoms with Crippen LogP contribution in [0.25, 0.3) is 22.0 Å². The van der Waals surface area contributed by atoms with Crippen LogP contribution in [-0.2, 0) is 36.8 Å². The number of esters is 1. The second kappa shape index (κ2) is 15.5. The molecule has 0 aliphatic heterocycles. The number of benzene rings is 3. The van der Waals surface area contributed by atoms with Crippen molar-refractivity contribution in [3.05, 3.63) is 96.2 Å². The molecule has 0 saturated carbocycles. The molecule has 4 aromatic rings. The van der Waals surface area contributed by atoms with Crippen LogP contribution in [0.2, 0.25) is 0 Å². The summed E-state index contributed by atoms with van der Waals surface area (Å²) in [6, 6.07) is 24.1. The van der Waals surface area contributed by atoms with E-state index in [1.807, 2.05) is 78.9 Å². The van der Waals surface area contributed by atoms with E-state index in [-0.39, 0.29) is 43.8 Å². The van der Waals surface area contributed by atoms with Gasteiger partial charge in [-0.25, -0.2) is 4.79 Å². The minimum absolute atomic E-state index is 0.105. The number of aromatic amines is 1. The quantitative estimate of drug-likeness (QED) is 0.142. The van der Waals surface area contributed by atoms with E-state index in [1.54, 1.807) is 20.0 Å². The standard InChI is InChI=1S/C35H39N3O6/c1-3-44-35(43)23(2)19-28(20-24-13-15-26(16-14-24)25-9-5-4-6-10-25)37-32(39)17-18-33(40)38-31(34(41)42)21-27-22-36-30-12-8-7-11-29(27)30/h4-16,22-23,28,31,36H,3,17-21H2,1-2H3,(H,37,39)(H,38,40)(H,41,42)/t23-,28+,31+/m1/s1. The highest BCUT2D eigenvalue weighted by Crippen LogP contribution is 2.22. The van der Waals surface area contributed by atoms with Crippen LogP contribution in [0.15, 0.2) is 85.1 Å². The third kappa shape index (κ3) is 9.04. The SMILES string of the molecule is CCOC(=O)[C@H](C)C[C@@H](Cc1ccc(-c2ccccc2)cc1)NC(=O)CCC(=O)N[C@@H](Cc1c[nH]c2ccccc12)C(=O)O. The van der Waals surface area contributed by atoms with E-state index in [2.05, 4.69) is 15.6 Å². The Morgan fingerprint density at radius 2 is 1.45 bits per heavy atom. The second-order valence-corrected chi connectivity index (χ2v) is 10.9. The minimum Gasteiger partial charge on any atom is -0.480 e. The average Bonchev–Trinajstić information content (AvgIpc) is 3.43. The van der Waals surface area contributed by atoms with E-state index >= 15 is 0 Å². The number of aliphatic carboxylic acids is 1. The fraction of sp³-hybridized carbons (Fsp3) is 0.314. The van der Waals surface area contributed by atoms with E-state index < -0.39 is 23.8 Å². The minimum atomic E-state index is -1.15. The van der Waals surface area contributed by atoms with Gasteiger partial charge in [0.05, 0.1) is 12.5 Å². The van der Waals surface area contributed by atoms with E-state index in [0.717, 1.165) is 33.2 Å². The number of nitrogens with one attached hydrogen (secondary N) is 3. The molecule has 9 heteroatoms. The van der Waals surface area contributed by atoms with Crippen molar-refractivity contribution >= 4 is 34.7 Å². The topological polar surface area (TPSA) is 138 Å². The summed E-state index contributed by atoms with van der Waals surface area (Å²) in [6.07, 6.45) is 2.41. The number of carbonyl (C=O) groups is 4. The van der Waals surface area contributed by atoms with Crippen LogP contribution in [-0.4, -0.2) is 52.5 Å². The summed E-state index contributed by atoms with van der Waals surface area (Å²) in [4.78, 5) is 53.0. The van der Waals surface area contributed by atoms with E-state index in [1.165, 1.54) is 0 Å². The third-order valence-corrected chi connectivity index (χ3v) is 7.55. The van der Waals surface area contributed by atoms with Gasteiger partial charge in [-0.2, -0.15) is 0 Å². The first-order valence-electron chi connectivity index (χ1n) is 14.9. The molecule has 4 rings (SSSR count). The Morgan fingerprint density at radius 3 is 2.14 bits per heavy atom. The normalized spacial score (nSPS) is 13.0. The van der Waals surface area contributed by atoms with E-state index in [0.29, 0.717) is 12.8 Å². The van der Waals surface area contributed by atoms with Gasteiger partial charge in [-0.05, 0) is 48.1 Å². The first-order chi connectivity index (χ1) is 21.2. The number of carboxylic acid groups (broad SMARTS) is 1. The van der Waals surface area contributed by atoms with Gasteiger partial charge in [0.2, 0.25) is 11.8 Å². The molecule has 44 heavy (non-hydrogen) atoms. The van der Waals surface area contributed by atoms with Crippen molar-refractivity contribution in [2.45, 2.75) is 58.0 Å². The number of aromatic nitrogens is 1.